The number of anilines is 1. The first-order valence-electron chi connectivity index (χ1n) is 5.39. The Morgan fingerprint density at radius 2 is 1.94 bits per heavy atom. The molecule has 0 aliphatic carbocycles. The Morgan fingerprint density at radius 1 is 1.17 bits per heavy atom. The topological polar surface area (TPSA) is 59.1 Å². The van der Waals surface area contributed by atoms with Crippen LogP contribution in [0.3, 0.4) is 0 Å². The molecular formula is C13H12Br2N2O. The van der Waals surface area contributed by atoms with Crippen molar-refractivity contribution >= 4 is 37.7 Å². The summed E-state index contributed by atoms with van der Waals surface area (Å²) in [4.78, 5) is 3.93. The molecule has 2 rings (SSSR count). The number of aliphatic hydroxyl groups is 1. The zero-order valence-electron chi connectivity index (χ0n) is 9.48. The van der Waals surface area contributed by atoms with E-state index in [9.17, 15) is 5.11 Å². The standard InChI is InChI=1S/C13H12Br2N2O/c14-10-2-1-9(7-11(10)15)12(18)5-8-3-4-17-13(16)6-8/h1-4,6-7,12,18H,5H2,(H2,16,17). The van der Waals surface area contributed by atoms with Crippen LogP contribution in [0.1, 0.15) is 17.2 Å². The van der Waals surface area contributed by atoms with Crippen molar-refractivity contribution in [1.29, 1.82) is 0 Å². The number of hydrogen-bond donors (Lipinski definition) is 2. The van der Waals surface area contributed by atoms with Crippen molar-refractivity contribution in [2.75, 3.05) is 5.73 Å². The van der Waals surface area contributed by atoms with E-state index in [1.165, 1.54) is 0 Å². The SMILES string of the molecule is Nc1cc(CC(O)c2ccc(Br)c(Br)c2)ccn1. The van der Waals surface area contributed by atoms with E-state index in [-0.39, 0.29) is 0 Å². The smallest absolute Gasteiger partial charge is 0.123 e. The number of nitrogens with zero attached hydrogens (tertiary/aromatic N) is 1. The molecule has 0 bridgehead atoms. The van der Waals surface area contributed by atoms with Crippen molar-refractivity contribution in [1.82, 2.24) is 4.98 Å². The van der Waals surface area contributed by atoms with E-state index in [1.807, 2.05) is 24.3 Å². The second-order valence-electron chi connectivity index (χ2n) is 3.98. The predicted molar refractivity (Wildman–Crippen MR) is 79.2 cm³/mol. The van der Waals surface area contributed by atoms with E-state index in [1.54, 1.807) is 12.3 Å². The molecule has 0 aliphatic heterocycles. The summed E-state index contributed by atoms with van der Waals surface area (Å²) in [5, 5.41) is 10.2. The summed E-state index contributed by atoms with van der Waals surface area (Å²) in [5.74, 6) is 0.469. The van der Waals surface area contributed by atoms with Crippen molar-refractivity contribution in [3.63, 3.8) is 0 Å². The average molecular weight is 372 g/mol. The van der Waals surface area contributed by atoms with Gasteiger partial charge in [-0.3, -0.25) is 0 Å². The lowest BCUT2D eigenvalue weighted by Gasteiger charge is -2.12. The molecule has 0 amide bonds. The van der Waals surface area contributed by atoms with E-state index < -0.39 is 6.10 Å². The van der Waals surface area contributed by atoms with Gasteiger partial charge in [-0.1, -0.05) is 6.07 Å². The van der Waals surface area contributed by atoms with E-state index in [0.717, 1.165) is 20.1 Å². The summed E-state index contributed by atoms with van der Waals surface area (Å²) in [6.07, 6.45) is 1.60. The van der Waals surface area contributed by atoms with E-state index in [0.29, 0.717) is 12.2 Å². The van der Waals surface area contributed by atoms with Crippen molar-refractivity contribution in [3.05, 3.63) is 56.6 Å². The van der Waals surface area contributed by atoms with Crippen LogP contribution in [-0.4, -0.2) is 10.1 Å². The molecule has 18 heavy (non-hydrogen) atoms. The van der Waals surface area contributed by atoms with Gasteiger partial charge in [0.25, 0.3) is 0 Å². The Hall–Kier alpha value is -0.910. The van der Waals surface area contributed by atoms with Crippen molar-refractivity contribution in [3.8, 4) is 0 Å². The molecule has 1 aromatic heterocycles. The van der Waals surface area contributed by atoms with Crippen LogP contribution in [0, 0.1) is 0 Å². The highest BCUT2D eigenvalue weighted by Crippen LogP contribution is 2.27. The first kappa shape index (κ1) is 13.5. The maximum Gasteiger partial charge on any atom is 0.123 e. The molecule has 1 unspecified atom stereocenters. The van der Waals surface area contributed by atoms with Gasteiger partial charge in [0.1, 0.15) is 5.82 Å². The number of pyridine rings is 1. The normalized spacial score (nSPS) is 12.4. The van der Waals surface area contributed by atoms with Crippen molar-refractivity contribution in [2.24, 2.45) is 0 Å². The fraction of sp³-hybridized carbons (Fsp3) is 0.154. The number of aromatic nitrogens is 1. The Kier molecular flexibility index (Phi) is 4.37. The minimum atomic E-state index is -0.559. The van der Waals surface area contributed by atoms with Crippen LogP contribution >= 0.6 is 31.9 Å². The third-order valence-electron chi connectivity index (χ3n) is 2.60. The number of benzene rings is 1. The molecule has 0 saturated carbocycles. The summed E-state index contributed by atoms with van der Waals surface area (Å²) >= 11 is 6.82. The average Bonchev–Trinajstić information content (AvgIpc) is 2.32. The van der Waals surface area contributed by atoms with Crippen molar-refractivity contribution < 1.29 is 5.11 Å². The van der Waals surface area contributed by atoms with Gasteiger partial charge in [-0.15, -0.1) is 0 Å². The van der Waals surface area contributed by atoms with Gasteiger partial charge in [0, 0.05) is 21.6 Å². The van der Waals surface area contributed by atoms with E-state index >= 15 is 0 Å². The maximum atomic E-state index is 10.2. The van der Waals surface area contributed by atoms with Crippen LogP contribution in [-0.2, 0) is 6.42 Å². The summed E-state index contributed by atoms with van der Waals surface area (Å²) in [6.45, 7) is 0. The molecule has 1 aromatic carbocycles. The molecule has 0 aliphatic rings. The Labute approximate surface area is 122 Å². The third kappa shape index (κ3) is 3.31. The van der Waals surface area contributed by atoms with Crippen LogP contribution < -0.4 is 5.73 Å². The quantitative estimate of drug-likeness (QED) is 0.868. The van der Waals surface area contributed by atoms with Crippen LogP contribution in [0.15, 0.2) is 45.5 Å². The highest BCUT2D eigenvalue weighted by atomic mass is 79.9. The number of nitrogens with two attached hydrogens (primary N) is 1. The number of rotatable bonds is 3. The van der Waals surface area contributed by atoms with Gasteiger partial charge in [-0.25, -0.2) is 4.98 Å². The number of aliphatic hydroxyl groups excluding tert-OH is 1. The van der Waals surface area contributed by atoms with Gasteiger partial charge in [-0.05, 0) is 67.3 Å². The lowest BCUT2D eigenvalue weighted by molar-refractivity contribution is 0.178. The molecule has 0 radical (unpaired) electrons. The lowest BCUT2D eigenvalue weighted by atomic mass is 10.0. The van der Waals surface area contributed by atoms with Gasteiger partial charge >= 0.3 is 0 Å². The lowest BCUT2D eigenvalue weighted by Crippen LogP contribution is -2.03. The van der Waals surface area contributed by atoms with Crippen LogP contribution in [0.25, 0.3) is 0 Å². The monoisotopic (exact) mass is 370 g/mol. The zero-order valence-corrected chi connectivity index (χ0v) is 12.6. The van der Waals surface area contributed by atoms with Crippen LogP contribution in [0.4, 0.5) is 5.82 Å². The number of hydrogen-bond acceptors (Lipinski definition) is 3. The van der Waals surface area contributed by atoms with Gasteiger partial charge in [0.05, 0.1) is 6.10 Å². The predicted octanol–water partition coefficient (Wildman–Crippen LogP) is 3.46. The molecule has 3 nitrogen and oxygen atoms in total. The largest absolute Gasteiger partial charge is 0.388 e. The van der Waals surface area contributed by atoms with Gasteiger partial charge < -0.3 is 10.8 Å². The second kappa shape index (κ2) is 5.82. The number of nitrogen functional groups attached to an aromatic ring is 1. The minimum Gasteiger partial charge on any atom is -0.388 e. The summed E-state index contributed by atoms with van der Waals surface area (Å²) in [6, 6.07) is 9.33. The first-order chi connectivity index (χ1) is 8.56. The molecule has 0 saturated heterocycles. The van der Waals surface area contributed by atoms with E-state index in [4.69, 9.17) is 5.73 Å². The first-order valence-corrected chi connectivity index (χ1v) is 6.98. The van der Waals surface area contributed by atoms with Crippen molar-refractivity contribution in [2.45, 2.75) is 12.5 Å². The summed E-state index contributed by atoms with van der Waals surface area (Å²) < 4.78 is 1.89. The highest BCUT2D eigenvalue weighted by molar-refractivity contribution is 9.13. The Bertz CT molecular complexity index is 560. The summed E-state index contributed by atoms with van der Waals surface area (Å²) in [7, 11) is 0. The molecule has 1 heterocycles. The Balaban J connectivity index is 2.16. The fourth-order valence-electron chi connectivity index (χ4n) is 1.68. The Morgan fingerprint density at radius 3 is 2.61 bits per heavy atom. The molecule has 3 N–H and O–H groups in total. The molecule has 5 heteroatoms. The molecule has 1 atom stereocenters. The maximum absolute atomic E-state index is 10.2. The minimum absolute atomic E-state index is 0.469. The summed E-state index contributed by atoms with van der Waals surface area (Å²) in [5.41, 5.74) is 7.44. The van der Waals surface area contributed by atoms with Crippen LogP contribution in [0.5, 0.6) is 0 Å². The molecule has 94 valence electrons. The fourth-order valence-corrected chi connectivity index (χ4v) is 2.33. The third-order valence-corrected chi connectivity index (χ3v) is 4.48. The molecular weight excluding hydrogens is 360 g/mol. The van der Waals surface area contributed by atoms with Gasteiger partial charge in [-0.2, -0.15) is 0 Å². The highest BCUT2D eigenvalue weighted by Gasteiger charge is 2.10. The van der Waals surface area contributed by atoms with Gasteiger partial charge in [0.2, 0.25) is 0 Å². The van der Waals surface area contributed by atoms with Crippen LogP contribution in [0.2, 0.25) is 0 Å². The van der Waals surface area contributed by atoms with E-state index in [2.05, 4.69) is 36.8 Å². The molecule has 0 fully saturated rings. The molecule has 0 spiro atoms. The molecule has 2 aromatic rings. The number of halogens is 2. The second-order valence-corrected chi connectivity index (χ2v) is 5.69. The van der Waals surface area contributed by atoms with Gasteiger partial charge in [0.15, 0.2) is 0 Å². The zero-order chi connectivity index (χ0) is 13.1.